The number of anilines is 2. The van der Waals surface area contributed by atoms with Gasteiger partial charge in [0, 0.05) is 12.6 Å². The molecule has 1 atom stereocenters. The van der Waals surface area contributed by atoms with Crippen LogP contribution in [-0.2, 0) is 0 Å². The molecule has 1 aliphatic rings. The molecule has 0 spiro atoms. The number of nitrogens with two attached hydrogens (primary N) is 1. The highest BCUT2D eigenvalue weighted by molar-refractivity contribution is 5.72. The van der Waals surface area contributed by atoms with E-state index in [0.29, 0.717) is 17.3 Å². The summed E-state index contributed by atoms with van der Waals surface area (Å²) in [4.78, 5) is 2.36. The molecular weight excluding hydrogens is 212 g/mol. The standard InChI is InChI=1S/C13H18N4/c1-17-7-3-5-11(17)9-16-12-6-2-4-10(8-14)13(12)15/h2,4,6,11,16H,3,5,7,9,15H2,1H3. The van der Waals surface area contributed by atoms with E-state index in [2.05, 4.69) is 23.3 Å². The van der Waals surface area contributed by atoms with Crippen molar-refractivity contribution in [3.8, 4) is 6.07 Å². The number of likely N-dealkylation sites (tertiary alicyclic amines) is 1. The number of likely N-dealkylation sites (N-methyl/N-ethyl adjacent to an activating group) is 1. The molecule has 0 saturated carbocycles. The van der Waals surface area contributed by atoms with Crippen molar-refractivity contribution in [1.82, 2.24) is 4.90 Å². The first-order valence-corrected chi connectivity index (χ1v) is 5.95. The number of hydrogen-bond donors (Lipinski definition) is 2. The van der Waals surface area contributed by atoms with Gasteiger partial charge in [-0.15, -0.1) is 0 Å². The van der Waals surface area contributed by atoms with Crippen LogP contribution in [0.5, 0.6) is 0 Å². The molecule has 1 aromatic rings. The van der Waals surface area contributed by atoms with Crippen LogP contribution in [0.15, 0.2) is 18.2 Å². The molecule has 1 heterocycles. The minimum absolute atomic E-state index is 0.537. The van der Waals surface area contributed by atoms with Crippen LogP contribution in [0.4, 0.5) is 11.4 Å². The number of benzene rings is 1. The van der Waals surface area contributed by atoms with Crippen LogP contribution in [0.3, 0.4) is 0 Å². The number of nitrogen functional groups attached to an aromatic ring is 1. The summed E-state index contributed by atoms with van der Waals surface area (Å²) in [6.45, 7) is 2.05. The van der Waals surface area contributed by atoms with Crippen LogP contribution in [-0.4, -0.2) is 31.1 Å². The minimum Gasteiger partial charge on any atom is -0.396 e. The number of nitrogens with one attached hydrogen (secondary N) is 1. The summed E-state index contributed by atoms with van der Waals surface area (Å²) in [5, 5.41) is 12.2. The van der Waals surface area contributed by atoms with Gasteiger partial charge in [-0.2, -0.15) is 5.26 Å². The average molecular weight is 230 g/mol. The van der Waals surface area contributed by atoms with E-state index in [1.807, 2.05) is 12.1 Å². The van der Waals surface area contributed by atoms with Crippen LogP contribution < -0.4 is 11.1 Å². The zero-order valence-corrected chi connectivity index (χ0v) is 10.1. The Morgan fingerprint density at radius 1 is 1.59 bits per heavy atom. The molecule has 90 valence electrons. The van der Waals surface area contributed by atoms with E-state index in [1.165, 1.54) is 19.4 Å². The molecule has 1 aromatic carbocycles. The molecule has 2 rings (SSSR count). The van der Waals surface area contributed by atoms with Gasteiger partial charge in [0.05, 0.1) is 16.9 Å². The molecule has 0 bridgehead atoms. The highest BCUT2D eigenvalue weighted by atomic mass is 15.2. The summed E-state index contributed by atoms with van der Waals surface area (Å²) in [5.41, 5.74) is 7.87. The van der Waals surface area contributed by atoms with Crippen LogP contribution in [0.25, 0.3) is 0 Å². The van der Waals surface area contributed by atoms with Gasteiger partial charge in [0.15, 0.2) is 0 Å². The van der Waals surface area contributed by atoms with E-state index in [-0.39, 0.29) is 0 Å². The molecule has 17 heavy (non-hydrogen) atoms. The quantitative estimate of drug-likeness (QED) is 0.775. The third-order valence-corrected chi connectivity index (χ3v) is 3.43. The van der Waals surface area contributed by atoms with Crippen LogP contribution in [0, 0.1) is 11.3 Å². The molecule has 4 nitrogen and oxygen atoms in total. The molecule has 0 aliphatic carbocycles. The summed E-state index contributed by atoms with van der Waals surface area (Å²) >= 11 is 0. The maximum atomic E-state index is 8.90. The third-order valence-electron chi connectivity index (χ3n) is 3.43. The smallest absolute Gasteiger partial charge is 0.101 e. The Labute approximate surface area is 102 Å². The van der Waals surface area contributed by atoms with E-state index < -0.39 is 0 Å². The highest BCUT2D eigenvalue weighted by Crippen LogP contribution is 2.23. The van der Waals surface area contributed by atoms with Gasteiger partial charge in [0.1, 0.15) is 6.07 Å². The predicted octanol–water partition coefficient (Wildman–Crippen LogP) is 1.65. The van der Waals surface area contributed by atoms with E-state index in [0.717, 1.165) is 12.2 Å². The fourth-order valence-corrected chi connectivity index (χ4v) is 2.28. The summed E-state index contributed by atoms with van der Waals surface area (Å²) in [5.74, 6) is 0. The van der Waals surface area contributed by atoms with Gasteiger partial charge < -0.3 is 16.0 Å². The average Bonchev–Trinajstić information content (AvgIpc) is 2.74. The maximum absolute atomic E-state index is 8.90. The summed E-state index contributed by atoms with van der Waals surface area (Å²) in [6.07, 6.45) is 2.48. The summed E-state index contributed by atoms with van der Waals surface area (Å²) in [6, 6.07) is 8.18. The van der Waals surface area contributed by atoms with Gasteiger partial charge in [-0.05, 0) is 38.6 Å². The van der Waals surface area contributed by atoms with Crippen molar-refractivity contribution in [3.05, 3.63) is 23.8 Å². The number of rotatable bonds is 3. The van der Waals surface area contributed by atoms with Crippen LogP contribution in [0.2, 0.25) is 0 Å². The second-order valence-corrected chi connectivity index (χ2v) is 4.54. The van der Waals surface area contributed by atoms with E-state index >= 15 is 0 Å². The van der Waals surface area contributed by atoms with Crippen molar-refractivity contribution in [3.63, 3.8) is 0 Å². The van der Waals surface area contributed by atoms with Crippen LogP contribution in [0.1, 0.15) is 18.4 Å². The fourth-order valence-electron chi connectivity index (χ4n) is 2.28. The molecule has 1 unspecified atom stereocenters. The molecule has 1 aliphatic heterocycles. The van der Waals surface area contributed by atoms with Gasteiger partial charge in [0.25, 0.3) is 0 Å². The van der Waals surface area contributed by atoms with Crippen molar-refractivity contribution in [1.29, 1.82) is 5.26 Å². The van der Waals surface area contributed by atoms with Crippen LogP contribution >= 0.6 is 0 Å². The Hall–Kier alpha value is -1.73. The lowest BCUT2D eigenvalue weighted by Gasteiger charge is -2.21. The van der Waals surface area contributed by atoms with Gasteiger partial charge in [-0.3, -0.25) is 0 Å². The number of hydrogen-bond acceptors (Lipinski definition) is 4. The van der Waals surface area contributed by atoms with Gasteiger partial charge in [-0.25, -0.2) is 0 Å². The van der Waals surface area contributed by atoms with E-state index in [1.54, 1.807) is 6.07 Å². The monoisotopic (exact) mass is 230 g/mol. The molecule has 0 radical (unpaired) electrons. The van der Waals surface area contributed by atoms with Gasteiger partial charge in [-0.1, -0.05) is 6.07 Å². The first-order valence-electron chi connectivity index (χ1n) is 5.95. The van der Waals surface area contributed by atoms with Crippen molar-refractivity contribution in [2.75, 3.05) is 31.2 Å². The first kappa shape index (κ1) is 11.7. The Balaban J connectivity index is 2.02. The zero-order chi connectivity index (χ0) is 12.3. The molecule has 1 fully saturated rings. The highest BCUT2D eigenvalue weighted by Gasteiger charge is 2.20. The first-order chi connectivity index (χ1) is 8.22. The second kappa shape index (κ2) is 5.07. The Kier molecular flexibility index (Phi) is 3.50. The third kappa shape index (κ3) is 2.51. The SMILES string of the molecule is CN1CCCC1CNc1cccc(C#N)c1N. The van der Waals surface area contributed by atoms with E-state index in [9.17, 15) is 0 Å². The maximum Gasteiger partial charge on any atom is 0.101 e. The molecule has 0 aromatic heterocycles. The summed E-state index contributed by atoms with van der Waals surface area (Å²) in [7, 11) is 2.15. The normalized spacial score (nSPS) is 20.1. The Morgan fingerprint density at radius 2 is 2.41 bits per heavy atom. The largest absolute Gasteiger partial charge is 0.396 e. The Bertz CT molecular complexity index is 436. The zero-order valence-electron chi connectivity index (χ0n) is 10.1. The molecule has 0 amide bonds. The number of nitrogens with zero attached hydrogens (tertiary/aromatic N) is 2. The van der Waals surface area contributed by atoms with Crippen molar-refractivity contribution in [2.45, 2.75) is 18.9 Å². The Morgan fingerprint density at radius 3 is 3.06 bits per heavy atom. The van der Waals surface area contributed by atoms with Gasteiger partial charge >= 0.3 is 0 Å². The fraction of sp³-hybridized carbons (Fsp3) is 0.462. The van der Waals surface area contributed by atoms with Crippen molar-refractivity contribution in [2.24, 2.45) is 0 Å². The lowest BCUT2D eigenvalue weighted by atomic mass is 10.1. The lowest BCUT2D eigenvalue weighted by molar-refractivity contribution is 0.322. The van der Waals surface area contributed by atoms with Gasteiger partial charge in [0.2, 0.25) is 0 Å². The molecular formula is C13H18N4. The topological polar surface area (TPSA) is 65.1 Å². The second-order valence-electron chi connectivity index (χ2n) is 4.54. The van der Waals surface area contributed by atoms with Crippen molar-refractivity contribution < 1.29 is 0 Å². The number of para-hydroxylation sites is 1. The van der Waals surface area contributed by atoms with E-state index in [4.69, 9.17) is 11.0 Å². The molecule has 1 saturated heterocycles. The minimum atomic E-state index is 0.537. The number of nitriles is 1. The molecule has 4 heteroatoms. The summed E-state index contributed by atoms with van der Waals surface area (Å²) < 4.78 is 0. The lowest BCUT2D eigenvalue weighted by Crippen LogP contribution is -2.31. The predicted molar refractivity (Wildman–Crippen MR) is 69.7 cm³/mol. The molecule has 3 N–H and O–H groups in total. The van der Waals surface area contributed by atoms with Crippen molar-refractivity contribution >= 4 is 11.4 Å².